The molecule has 1 unspecified atom stereocenters. The fraction of sp³-hybridized carbons (Fsp3) is 0.150. The summed E-state index contributed by atoms with van der Waals surface area (Å²) in [6, 6.07) is 16.6. The van der Waals surface area contributed by atoms with Crippen molar-refractivity contribution in [2.75, 3.05) is 0 Å². The van der Waals surface area contributed by atoms with E-state index in [0.29, 0.717) is 11.1 Å². The van der Waals surface area contributed by atoms with E-state index in [4.69, 9.17) is 14.2 Å². The summed E-state index contributed by atoms with van der Waals surface area (Å²) >= 11 is 0. The van der Waals surface area contributed by atoms with Crippen LogP contribution >= 0.6 is 0 Å². The van der Waals surface area contributed by atoms with Gasteiger partial charge in [0, 0.05) is 6.08 Å². The van der Waals surface area contributed by atoms with Crippen LogP contribution in [0.25, 0.3) is 0 Å². The van der Waals surface area contributed by atoms with E-state index >= 15 is 0 Å². The third kappa shape index (κ3) is 4.04. The van der Waals surface area contributed by atoms with Crippen molar-refractivity contribution >= 4 is 17.7 Å². The number of hydrogen-bond donors (Lipinski definition) is 0. The molecule has 0 saturated carbocycles. The van der Waals surface area contributed by atoms with Crippen LogP contribution in [0.15, 0.2) is 72.5 Å². The molecule has 1 heterocycles. The van der Waals surface area contributed by atoms with Gasteiger partial charge in [-0.25, -0.2) is 9.59 Å². The highest BCUT2D eigenvalue weighted by Crippen LogP contribution is 2.20. The molecule has 0 fully saturated rings. The summed E-state index contributed by atoms with van der Waals surface area (Å²) in [6.07, 6.45) is -0.856. The molecule has 2 atom stereocenters. The Kier molecular flexibility index (Phi) is 5.24. The van der Waals surface area contributed by atoms with Crippen molar-refractivity contribution in [1.29, 1.82) is 0 Å². The summed E-state index contributed by atoms with van der Waals surface area (Å²) in [5.41, 5.74) is 0.648. The van der Waals surface area contributed by atoms with Crippen LogP contribution in [0.1, 0.15) is 27.6 Å². The number of carbonyl (C=O) groups excluding carboxylic acids is 3. The van der Waals surface area contributed by atoms with Gasteiger partial charge in [0.2, 0.25) is 12.1 Å². The quantitative estimate of drug-likeness (QED) is 0.787. The van der Waals surface area contributed by atoms with Gasteiger partial charge >= 0.3 is 11.9 Å². The number of carbonyl (C=O) groups is 3. The number of Topliss-reactive ketones (excluding diaryl/α,β-unsaturated/α-hetero) is 1. The predicted octanol–water partition coefficient (Wildman–Crippen LogP) is 2.90. The molecule has 26 heavy (non-hydrogen) atoms. The summed E-state index contributed by atoms with van der Waals surface area (Å²) in [5, 5.41) is 0. The van der Waals surface area contributed by atoms with Crippen LogP contribution in [0.5, 0.6) is 0 Å². The van der Waals surface area contributed by atoms with E-state index in [-0.39, 0.29) is 5.76 Å². The molecule has 0 aliphatic carbocycles. The van der Waals surface area contributed by atoms with Crippen molar-refractivity contribution in [3.63, 3.8) is 0 Å². The number of hydrogen-bond acceptors (Lipinski definition) is 6. The van der Waals surface area contributed by atoms with Gasteiger partial charge in [-0.05, 0) is 31.2 Å². The highest BCUT2D eigenvalue weighted by molar-refractivity contribution is 6.01. The maximum Gasteiger partial charge on any atom is 0.343 e. The van der Waals surface area contributed by atoms with Crippen molar-refractivity contribution in [3.05, 3.63) is 83.6 Å². The molecule has 0 bridgehead atoms. The third-order valence-corrected chi connectivity index (χ3v) is 3.68. The standard InChI is InChI=1S/C20H16O6/c1-13-18(21)16(25-19(22)14-8-4-2-5-9-14)12-17(24-13)26-20(23)15-10-6-3-7-11-15/h2-13,17H,1H3/t13?,17-/m0/s1. The molecule has 3 rings (SSSR count). The van der Waals surface area contributed by atoms with E-state index in [0.717, 1.165) is 0 Å². The lowest BCUT2D eigenvalue weighted by atomic mass is 10.1. The zero-order valence-electron chi connectivity index (χ0n) is 14.0. The monoisotopic (exact) mass is 352 g/mol. The summed E-state index contributed by atoms with van der Waals surface area (Å²) < 4.78 is 15.8. The fourth-order valence-electron chi connectivity index (χ4n) is 2.34. The Morgan fingerprint density at radius 3 is 2.00 bits per heavy atom. The van der Waals surface area contributed by atoms with Crippen LogP contribution in [0.2, 0.25) is 0 Å². The van der Waals surface area contributed by atoms with E-state index < -0.39 is 30.1 Å². The number of benzene rings is 2. The summed E-state index contributed by atoms with van der Waals surface area (Å²) in [5.74, 6) is -1.99. The van der Waals surface area contributed by atoms with E-state index in [1.54, 1.807) is 60.7 Å². The molecular formula is C20H16O6. The third-order valence-electron chi connectivity index (χ3n) is 3.68. The van der Waals surface area contributed by atoms with Gasteiger partial charge in [0.1, 0.15) is 6.10 Å². The van der Waals surface area contributed by atoms with Crippen molar-refractivity contribution in [1.82, 2.24) is 0 Å². The maximum atomic E-state index is 12.2. The average molecular weight is 352 g/mol. The normalized spacial score (nSPS) is 19.4. The smallest absolute Gasteiger partial charge is 0.343 e. The first kappa shape index (κ1) is 17.6. The second-order valence-electron chi connectivity index (χ2n) is 5.57. The van der Waals surface area contributed by atoms with Crippen molar-refractivity contribution in [3.8, 4) is 0 Å². The molecule has 0 saturated heterocycles. The first-order chi connectivity index (χ1) is 12.5. The maximum absolute atomic E-state index is 12.2. The van der Waals surface area contributed by atoms with Gasteiger partial charge in [-0.2, -0.15) is 0 Å². The molecule has 0 N–H and O–H groups in total. The minimum Gasteiger partial charge on any atom is -0.428 e. The second kappa shape index (κ2) is 7.76. The SMILES string of the molecule is CC1O[C@@H](OC(=O)c2ccccc2)C=C(OC(=O)c2ccccc2)C1=O. The lowest BCUT2D eigenvalue weighted by Gasteiger charge is -2.25. The summed E-state index contributed by atoms with van der Waals surface area (Å²) in [6.45, 7) is 1.50. The minimum atomic E-state index is -1.13. The molecule has 2 aromatic rings. The highest BCUT2D eigenvalue weighted by Gasteiger charge is 2.32. The molecule has 6 nitrogen and oxygen atoms in total. The van der Waals surface area contributed by atoms with Gasteiger partial charge < -0.3 is 14.2 Å². The van der Waals surface area contributed by atoms with E-state index in [2.05, 4.69) is 0 Å². The number of ether oxygens (including phenoxy) is 3. The first-order valence-corrected chi connectivity index (χ1v) is 7.99. The van der Waals surface area contributed by atoms with E-state index in [1.807, 2.05) is 0 Å². The Hall–Kier alpha value is -3.25. The molecule has 0 amide bonds. The first-order valence-electron chi connectivity index (χ1n) is 7.99. The van der Waals surface area contributed by atoms with Gasteiger partial charge in [-0.15, -0.1) is 0 Å². The lowest BCUT2D eigenvalue weighted by Crippen LogP contribution is -2.36. The van der Waals surface area contributed by atoms with Crippen LogP contribution in [0, 0.1) is 0 Å². The van der Waals surface area contributed by atoms with Gasteiger partial charge in [0.05, 0.1) is 11.1 Å². The van der Waals surface area contributed by atoms with Crippen LogP contribution in [-0.2, 0) is 19.0 Å². The molecule has 6 heteroatoms. The van der Waals surface area contributed by atoms with Gasteiger partial charge in [0.25, 0.3) is 0 Å². The second-order valence-corrected chi connectivity index (χ2v) is 5.57. The zero-order valence-corrected chi connectivity index (χ0v) is 14.0. The zero-order chi connectivity index (χ0) is 18.5. The fourth-order valence-corrected chi connectivity index (χ4v) is 2.34. The van der Waals surface area contributed by atoms with E-state index in [1.165, 1.54) is 13.0 Å². The molecule has 1 aliphatic rings. The Morgan fingerprint density at radius 2 is 1.42 bits per heavy atom. The lowest BCUT2D eigenvalue weighted by molar-refractivity contribution is -0.152. The topological polar surface area (TPSA) is 78.9 Å². The minimum absolute atomic E-state index is 0.205. The Bertz CT molecular complexity index is 841. The largest absolute Gasteiger partial charge is 0.428 e. The number of ketones is 1. The Balaban J connectivity index is 1.74. The number of esters is 2. The molecular weight excluding hydrogens is 336 g/mol. The average Bonchev–Trinajstić information content (AvgIpc) is 2.67. The van der Waals surface area contributed by atoms with E-state index in [9.17, 15) is 14.4 Å². The molecule has 1 aliphatic heterocycles. The van der Waals surface area contributed by atoms with Gasteiger partial charge in [-0.1, -0.05) is 36.4 Å². The molecule has 2 aromatic carbocycles. The van der Waals surface area contributed by atoms with Crippen molar-refractivity contribution in [2.24, 2.45) is 0 Å². The number of rotatable bonds is 4. The molecule has 0 spiro atoms. The summed E-state index contributed by atoms with van der Waals surface area (Å²) in [7, 11) is 0. The van der Waals surface area contributed by atoms with Crippen LogP contribution in [0.4, 0.5) is 0 Å². The molecule has 0 radical (unpaired) electrons. The Morgan fingerprint density at radius 1 is 0.885 bits per heavy atom. The molecule has 132 valence electrons. The van der Waals surface area contributed by atoms with Crippen molar-refractivity contribution < 1.29 is 28.6 Å². The summed E-state index contributed by atoms with van der Waals surface area (Å²) in [4.78, 5) is 36.5. The predicted molar refractivity (Wildman–Crippen MR) is 91.1 cm³/mol. The van der Waals surface area contributed by atoms with Crippen LogP contribution in [0.3, 0.4) is 0 Å². The van der Waals surface area contributed by atoms with Gasteiger partial charge in [-0.3, -0.25) is 4.79 Å². The van der Waals surface area contributed by atoms with Crippen LogP contribution < -0.4 is 0 Å². The Labute approximate surface area is 150 Å². The van der Waals surface area contributed by atoms with Crippen LogP contribution in [-0.4, -0.2) is 30.1 Å². The molecule has 0 aromatic heterocycles. The highest BCUT2D eigenvalue weighted by atomic mass is 16.7. The van der Waals surface area contributed by atoms with Gasteiger partial charge in [0.15, 0.2) is 5.76 Å². The van der Waals surface area contributed by atoms with Crippen molar-refractivity contribution in [2.45, 2.75) is 19.3 Å².